The number of hydrogen-bond donors (Lipinski definition) is 0. The van der Waals surface area contributed by atoms with E-state index in [4.69, 9.17) is 0 Å². The van der Waals surface area contributed by atoms with Crippen molar-refractivity contribution in [1.29, 1.82) is 0 Å². The number of carbonyl (C=O) groups excluding carboxylic acids is 3. The number of hydrogen-bond acceptors (Lipinski definition) is 3. The first-order valence-corrected chi connectivity index (χ1v) is 8.74. The highest BCUT2D eigenvalue weighted by Gasteiger charge is 2.67. The van der Waals surface area contributed by atoms with E-state index in [-0.39, 0.29) is 35.5 Å². The van der Waals surface area contributed by atoms with E-state index in [9.17, 15) is 14.4 Å². The Morgan fingerprint density at radius 3 is 2.13 bits per heavy atom. The van der Waals surface area contributed by atoms with Crippen LogP contribution in [0.25, 0.3) is 0 Å². The van der Waals surface area contributed by atoms with Crippen LogP contribution in [0, 0.1) is 35.5 Å². The number of halogens is 1. The Bertz CT molecular complexity index is 765. The van der Waals surface area contributed by atoms with Gasteiger partial charge in [-0.1, -0.05) is 24.3 Å². The van der Waals surface area contributed by atoms with Crippen molar-refractivity contribution in [3.8, 4) is 0 Å². The van der Waals surface area contributed by atoms with Gasteiger partial charge in [0.05, 0.1) is 17.4 Å². The molecule has 5 aliphatic rings. The molecule has 4 nitrogen and oxygen atoms in total. The monoisotopic (exact) mass is 371 g/mol. The molecule has 0 aromatic heterocycles. The molecule has 2 saturated carbocycles. The Labute approximate surface area is 141 Å². The predicted octanol–water partition coefficient (Wildman–Crippen LogP) is 2.64. The average Bonchev–Trinajstić information content (AvgIpc) is 3.32. The van der Waals surface area contributed by atoms with Gasteiger partial charge in [0.25, 0.3) is 5.91 Å². The second-order valence-corrected chi connectivity index (χ2v) is 7.81. The van der Waals surface area contributed by atoms with E-state index in [1.165, 1.54) is 0 Å². The third-order valence-electron chi connectivity index (χ3n) is 5.97. The first-order chi connectivity index (χ1) is 11.1. The molecule has 4 aliphatic carbocycles. The van der Waals surface area contributed by atoms with Crippen molar-refractivity contribution in [2.75, 3.05) is 0 Å². The summed E-state index contributed by atoms with van der Waals surface area (Å²) in [7, 11) is 0. The molecule has 1 aromatic carbocycles. The lowest BCUT2D eigenvalue weighted by molar-refractivity contribution is -0.136. The Morgan fingerprint density at radius 1 is 1.00 bits per heavy atom. The van der Waals surface area contributed by atoms with E-state index in [0.29, 0.717) is 21.9 Å². The van der Waals surface area contributed by atoms with Crippen molar-refractivity contribution in [1.82, 2.24) is 4.90 Å². The summed E-state index contributed by atoms with van der Waals surface area (Å²) in [6.45, 7) is 0. The van der Waals surface area contributed by atoms with Gasteiger partial charge in [-0.05, 0) is 58.2 Å². The Hall–Kier alpha value is -1.75. The molecular formula is C18H14BrNO3. The van der Waals surface area contributed by atoms with Crippen molar-refractivity contribution in [3.63, 3.8) is 0 Å². The van der Waals surface area contributed by atoms with Crippen molar-refractivity contribution in [2.24, 2.45) is 35.5 Å². The number of benzene rings is 1. The van der Waals surface area contributed by atoms with Crippen LogP contribution in [0.1, 0.15) is 16.8 Å². The van der Waals surface area contributed by atoms with Crippen LogP contribution in [-0.2, 0) is 9.59 Å². The topological polar surface area (TPSA) is 54.5 Å². The number of likely N-dealkylation sites (tertiary alicyclic amines) is 1. The lowest BCUT2D eigenvalue weighted by atomic mass is 9.63. The number of carbonyl (C=O) groups is 3. The molecule has 6 atom stereocenters. The molecule has 0 N–H and O–H groups in total. The van der Waals surface area contributed by atoms with Crippen LogP contribution in [-0.4, -0.2) is 22.6 Å². The minimum atomic E-state index is -0.505. The molecule has 116 valence electrons. The highest BCUT2D eigenvalue weighted by Crippen LogP contribution is 2.65. The fraction of sp³-hybridized carbons (Fsp3) is 0.389. The van der Waals surface area contributed by atoms with E-state index in [2.05, 4.69) is 28.1 Å². The van der Waals surface area contributed by atoms with E-state index in [0.717, 1.165) is 11.3 Å². The van der Waals surface area contributed by atoms with Gasteiger partial charge in [-0.2, -0.15) is 0 Å². The largest absolute Gasteiger partial charge is 0.274 e. The van der Waals surface area contributed by atoms with E-state index in [1.54, 1.807) is 24.3 Å². The number of imide groups is 3. The van der Waals surface area contributed by atoms with Crippen LogP contribution in [0.2, 0.25) is 0 Å². The lowest BCUT2D eigenvalue weighted by Crippen LogP contribution is -2.40. The fourth-order valence-electron chi connectivity index (χ4n) is 4.91. The smallest absolute Gasteiger partial charge is 0.268 e. The number of allylic oxidation sites excluding steroid dienone is 2. The zero-order valence-corrected chi connectivity index (χ0v) is 13.8. The Balaban J connectivity index is 1.55. The summed E-state index contributed by atoms with van der Waals surface area (Å²) < 4.78 is 0.601. The maximum absolute atomic E-state index is 12.9. The second-order valence-electron chi connectivity index (χ2n) is 6.95. The highest BCUT2D eigenvalue weighted by molar-refractivity contribution is 9.10. The molecule has 3 fully saturated rings. The maximum Gasteiger partial charge on any atom is 0.268 e. The van der Waals surface area contributed by atoms with Crippen LogP contribution < -0.4 is 0 Å². The highest BCUT2D eigenvalue weighted by atomic mass is 79.9. The summed E-state index contributed by atoms with van der Waals surface area (Å²) in [5.74, 6) is -0.388. The average molecular weight is 372 g/mol. The number of nitrogens with zero attached hydrogens (tertiary/aromatic N) is 1. The first-order valence-electron chi connectivity index (χ1n) is 7.94. The molecule has 1 aliphatic heterocycles. The van der Waals surface area contributed by atoms with Gasteiger partial charge in [0, 0.05) is 4.47 Å². The molecule has 1 heterocycles. The minimum Gasteiger partial charge on any atom is -0.274 e. The summed E-state index contributed by atoms with van der Waals surface area (Å²) in [6, 6.07) is 6.91. The van der Waals surface area contributed by atoms with Gasteiger partial charge in [0.1, 0.15) is 0 Å². The Morgan fingerprint density at radius 2 is 1.57 bits per heavy atom. The van der Waals surface area contributed by atoms with Gasteiger partial charge in [-0.15, -0.1) is 0 Å². The normalized spacial score (nSPS) is 39.4. The molecule has 0 radical (unpaired) electrons. The molecule has 1 saturated heterocycles. The minimum absolute atomic E-state index is 0.142. The molecule has 2 bridgehead atoms. The van der Waals surface area contributed by atoms with Crippen LogP contribution >= 0.6 is 15.9 Å². The van der Waals surface area contributed by atoms with Gasteiger partial charge in [-0.3, -0.25) is 14.4 Å². The third kappa shape index (κ3) is 1.63. The van der Waals surface area contributed by atoms with Crippen molar-refractivity contribution >= 4 is 33.7 Å². The molecule has 1 aromatic rings. The van der Waals surface area contributed by atoms with Crippen LogP contribution in [0.15, 0.2) is 40.9 Å². The van der Waals surface area contributed by atoms with E-state index in [1.807, 2.05) is 0 Å². The van der Waals surface area contributed by atoms with Crippen molar-refractivity contribution < 1.29 is 14.4 Å². The Kier molecular flexibility index (Phi) is 2.62. The standard InChI is InChI=1S/C18H14BrNO3/c19-13-4-2-1-3-10(13)16(21)20-17(22)14-8-5-6-9(12-7-11(8)12)15(14)18(20)23/h1-6,8-9,11-12,14-15H,7H2/t8-,9-,11-,12-,14+,15+/m0/s1. The molecule has 3 amide bonds. The van der Waals surface area contributed by atoms with E-state index < -0.39 is 5.91 Å². The third-order valence-corrected chi connectivity index (χ3v) is 6.66. The summed E-state index contributed by atoms with van der Waals surface area (Å²) in [6.07, 6.45) is 5.34. The fourth-order valence-corrected chi connectivity index (χ4v) is 5.37. The zero-order valence-electron chi connectivity index (χ0n) is 12.2. The maximum atomic E-state index is 12.9. The van der Waals surface area contributed by atoms with Crippen LogP contribution in [0.3, 0.4) is 0 Å². The summed E-state index contributed by atoms with van der Waals surface area (Å²) in [4.78, 5) is 39.4. The molecule has 23 heavy (non-hydrogen) atoms. The summed E-state index contributed by atoms with van der Waals surface area (Å²) in [5, 5.41) is 0. The molecular weight excluding hydrogens is 358 g/mol. The molecule has 0 spiro atoms. The SMILES string of the molecule is O=C(c1ccccc1Br)N1C(=O)[C@@H]2[C@H]3C=C[C@@H]([C@@H]4C[C@@H]34)[C@H]2C1=O. The number of rotatable bonds is 1. The number of amides is 3. The van der Waals surface area contributed by atoms with Gasteiger partial charge >= 0.3 is 0 Å². The first kappa shape index (κ1) is 13.7. The zero-order chi connectivity index (χ0) is 15.9. The van der Waals surface area contributed by atoms with Crippen LogP contribution in [0.5, 0.6) is 0 Å². The molecule has 5 heteroatoms. The van der Waals surface area contributed by atoms with Gasteiger partial charge in [0.15, 0.2) is 0 Å². The lowest BCUT2D eigenvalue weighted by Gasteiger charge is -2.37. The van der Waals surface area contributed by atoms with Crippen LogP contribution in [0.4, 0.5) is 0 Å². The second kappa shape index (κ2) is 4.41. The summed E-state index contributed by atoms with van der Waals surface area (Å²) in [5.41, 5.74) is 0.360. The van der Waals surface area contributed by atoms with Crippen molar-refractivity contribution in [3.05, 3.63) is 46.5 Å². The van der Waals surface area contributed by atoms with Gasteiger partial charge in [0.2, 0.25) is 11.8 Å². The van der Waals surface area contributed by atoms with Gasteiger partial charge < -0.3 is 0 Å². The molecule has 0 unspecified atom stereocenters. The van der Waals surface area contributed by atoms with Gasteiger partial charge in [-0.25, -0.2) is 4.90 Å². The summed E-state index contributed by atoms with van der Waals surface area (Å²) >= 11 is 3.33. The van der Waals surface area contributed by atoms with E-state index >= 15 is 0 Å². The molecule has 6 rings (SSSR count). The quantitative estimate of drug-likeness (QED) is 0.563. The predicted molar refractivity (Wildman–Crippen MR) is 85.0 cm³/mol. The van der Waals surface area contributed by atoms with Crippen molar-refractivity contribution in [2.45, 2.75) is 6.42 Å².